The van der Waals surface area contributed by atoms with Crippen molar-refractivity contribution in [3.63, 3.8) is 0 Å². The molecule has 281 valence electrons. The molecule has 0 aliphatic rings. The number of ether oxygens (including phenoxy) is 3. The number of carbonyl (C=O) groups is 3. The number of esters is 3. The van der Waals surface area contributed by atoms with Crippen LogP contribution in [0, 0.1) is 0 Å². The van der Waals surface area contributed by atoms with Gasteiger partial charge in [-0.05, 0) is 12.8 Å². The molecule has 0 spiro atoms. The zero-order valence-electron chi connectivity index (χ0n) is 30.9. The van der Waals surface area contributed by atoms with E-state index in [9.17, 15) is 19.2 Å². The molecule has 1 radical (unpaired) electrons. The molecule has 8 nitrogen and oxygen atoms in total. The highest BCUT2D eigenvalue weighted by Gasteiger charge is 2.20. The Balaban J connectivity index is 4.20. The van der Waals surface area contributed by atoms with Crippen molar-refractivity contribution in [1.82, 2.24) is 0 Å². The van der Waals surface area contributed by atoms with Crippen LogP contribution in [0.15, 0.2) is 0 Å². The number of hydrogen-bond acceptors (Lipinski definition) is 9. The number of thioether (sulfide) groups is 1. The molecule has 0 amide bonds. The minimum Gasteiger partial charge on any atom is -0.462 e. The molecule has 0 saturated carbocycles. The van der Waals surface area contributed by atoms with Crippen molar-refractivity contribution < 1.29 is 33.4 Å². The molecular formula is C39H72NO7S. The van der Waals surface area contributed by atoms with E-state index in [1.54, 1.807) is 0 Å². The summed E-state index contributed by atoms with van der Waals surface area (Å²) in [5, 5.41) is 0. The summed E-state index contributed by atoms with van der Waals surface area (Å²) >= 11 is 1.28. The Morgan fingerprint density at radius 3 is 1.33 bits per heavy atom. The average molecular weight is 699 g/mol. The molecule has 0 heterocycles. The lowest BCUT2D eigenvalue weighted by atomic mass is 10.0. The first-order valence-corrected chi connectivity index (χ1v) is 20.9. The van der Waals surface area contributed by atoms with Crippen LogP contribution < -0.4 is 5.73 Å². The maximum Gasteiger partial charge on any atom is 0.425 e. The number of rotatable bonds is 37. The molecule has 0 bridgehead atoms. The summed E-state index contributed by atoms with van der Waals surface area (Å²) in [6.07, 6.45) is 32.2. The second kappa shape index (κ2) is 36.7. The van der Waals surface area contributed by atoms with Crippen molar-refractivity contribution in [1.29, 1.82) is 0 Å². The van der Waals surface area contributed by atoms with E-state index in [0.29, 0.717) is 18.6 Å². The van der Waals surface area contributed by atoms with Crippen LogP contribution in [0.25, 0.3) is 0 Å². The Bertz CT molecular complexity index is 767. The monoisotopic (exact) mass is 699 g/mol. The topological polar surface area (TPSA) is 122 Å². The molecule has 2 N–H and O–H groups in total. The maximum atomic E-state index is 12.6. The first-order chi connectivity index (χ1) is 23.4. The minimum absolute atomic E-state index is 0.0313. The summed E-state index contributed by atoms with van der Waals surface area (Å²) in [5.41, 5.74) is 5.75. The molecule has 2 atom stereocenters. The Morgan fingerprint density at radius 1 is 0.562 bits per heavy atom. The van der Waals surface area contributed by atoms with Crippen LogP contribution in [-0.2, 0) is 33.4 Å². The third-order valence-corrected chi connectivity index (χ3v) is 9.95. The van der Waals surface area contributed by atoms with Crippen LogP contribution in [0.2, 0.25) is 0 Å². The second-order valence-corrected chi connectivity index (χ2v) is 14.5. The highest BCUT2D eigenvalue weighted by molar-refractivity contribution is 7.99. The van der Waals surface area contributed by atoms with Gasteiger partial charge >= 0.3 is 24.4 Å². The Labute approximate surface area is 298 Å². The lowest BCUT2D eigenvalue weighted by Gasteiger charge is -2.18. The fraction of sp³-hybridized carbons (Fsp3) is 0.897. The molecule has 0 aliphatic heterocycles. The number of hydrogen-bond donors (Lipinski definition) is 1. The normalized spacial score (nSPS) is 12.4. The fourth-order valence-corrected chi connectivity index (χ4v) is 6.66. The number of unbranched alkanes of at least 4 members (excludes halogenated alkanes) is 24. The van der Waals surface area contributed by atoms with E-state index in [2.05, 4.69) is 18.6 Å². The highest BCUT2D eigenvalue weighted by atomic mass is 32.2. The van der Waals surface area contributed by atoms with Gasteiger partial charge in [-0.15, -0.1) is 0 Å². The average Bonchev–Trinajstić information content (AvgIpc) is 3.07. The molecule has 0 aliphatic carbocycles. The third kappa shape index (κ3) is 32.9. The van der Waals surface area contributed by atoms with Crippen LogP contribution in [0.3, 0.4) is 0 Å². The lowest BCUT2D eigenvalue weighted by Crippen LogP contribution is -2.35. The zero-order chi connectivity index (χ0) is 35.3. The molecule has 0 unspecified atom stereocenters. The van der Waals surface area contributed by atoms with Gasteiger partial charge in [0.25, 0.3) is 0 Å². The van der Waals surface area contributed by atoms with E-state index < -0.39 is 18.1 Å². The SMILES string of the molecule is CCCCCCCCCCCCCCCC(=O)OC[C@H](CSC[C@H](N)C(=O)O[C]=O)OC(=O)CCCCCCCCCCCCCCC. The van der Waals surface area contributed by atoms with Crippen LogP contribution in [0.4, 0.5) is 0 Å². The van der Waals surface area contributed by atoms with Crippen molar-refractivity contribution in [2.24, 2.45) is 5.73 Å². The van der Waals surface area contributed by atoms with Gasteiger partial charge in [0, 0.05) is 24.3 Å². The van der Waals surface area contributed by atoms with Crippen molar-refractivity contribution in [2.45, 2.75) is 206 Å². The molecule has 0 aromatic heterocycles. The summed E-state index contributed by atoms with van der Waals surface area (Å²) in [5.74, 6) is -0.988. The van der Waals surface area contributed by atoms with Crippen molar-refractivity contribution >= 4 is 36.1 Å². The number of nitrogens with two attached hydrogens (primary N) is 1. The standard InChI is InChI=1S/C39H72NO7S/c1-3-5-7-9-11-13-15-17-19-21-23-25-27-29-37(42)45-31-35(32-48-33-36(40)39(44)46-34-41)47-38(43)30-28-26-24-22-20-18-16-14-12-10-8-6-4-2/h35-36H,3-33,40H2,1-2H3/t35-,36+/m1/s1. The predicted octanol–water partition coefficient (Wildman–Crippen LogP) is 10.1. The van der Waals surface area contributed by atoms with Gasteiger partial charge in [0.15, 0.2) is 0 Å². The smallest absolute Gasteiger partial charge is 0.425 e. The first-order valence-electron chi connectivity index (χ1n) is 19.7. The van der Waals surface area contributed by atoms with Crippen LogP contribution in [0.1, 0.15) is 194 Å². The maximum absolute atomic E-state index is 12.6. The zero-order valence-corrected chi connectivity index (χ0v) is 31.7. The number of carbonyl (C=O) groups excluding carboxylic acids is 4. The van der Waals surface area contributed by atoms with Crippen LogP contribution in [-0.4, -0.2) is 54.6 Å². The van der Waals surface area contributed by atoms with E-state index in [1.807, 2.05) is 0 Å². The van der Waals surface area contributed by atoms with Crippen LogP contribution in [0.5, 0.6) is 0 Å². The van der Waals surface area contributed by atoms with Gasteiger partial charge in [0.1, 0.15) is 18.8 Å². The predicted molar refractivity (Wildman–Crippen MR) is 199 cm³/mol. The Hall–Kier alpha value is -1.61. The van der Waals surface area contributed by atoms with Gasteiger partial charge in [-0.1, -0.05) is 168 Å². The molecule has 0 saturated heterocycles. The minimum atomic E-state index is -1.00. The van der Waals surface area contributed by atoms with Gasteiger partial charge < -0.3 is 19.9 Å². The Kier molecular flexibility index (Phi) is 35.4. The molecule has 9 heteroatoms. The van der Waals surface area contributed by atoms with Gasteiger partial charge in [-0.25, -0.2) is 9.59 Å². The third-order valence-electron chi connectivity index (χ3n) is 8.74. The highest BCUT2D eigenvalue weighted by Crippen LogP contribution is 2.16. The molecule has 0 aromatic rings. The fourth-order valence-electron chi connectivity index (χ4n) is 5.70. The van der Waals surface area contributed by atoms with Crippen molar-refractivity contribution in [3.05, 3.63) is 0 Å². The van der Waals surface area contributed by atoms with Gasteiger partial charge in [-0.3, -0.25) is 9.59 Å². The lowest BCUT2D eigenvalue weighted by molar-refractivity contribution is -0.157. The molecule has 0 fully saturated rings. The van der Waals surface area contributed by atoms with Crippen LogP contribution >= 0.6 is 11.8 Å². The summed E-state index contributed by atoms with van der Waals surface area (Å²) in [6.45, 7) is 5.56. The first kappa shape index (κ1) is 46.4. The summed E-state index contributed by atoms with van der Waals surface area (Å²) in [6, 6.07) is -1.00. The molecule has 48 heavy (non-hydrogen) atoms. The molecular weight excluding hydrogens is 626 g/mol. The van der Waals surface area contributed by atoms with Gasteiger partial charge in [0.05, 0.1) is 0 Å². The summed E-state index contributed by atoms with van der Waals surface area (Å²) in [7, 11) is 0. The van der Waals surface area contributed by atoms with E-state index in [-0.39, 0.29) is 24.3 Å². The second-order valence-electron chi connectivity index (χ2n) is 13.4. The summed E-state index contributed by atoms with van der Waals surface area (Å²) in [4.78, 5) is 46.9. The molecule has 0 aromatic carbocycles. The van der Waals surface area contributed by atoms with Crippen molar-refractivity contribution in [2.75, 3.05) is 18.1 Å². The largest absolute Gasteiger partial charge is 0.462 e. The van der Waals surface area contributed by atoms with Crippen molar-refractivity contribution in [3.8, 4) is 0 Å². The van der Waals surface area contributed by atoms with E-state index >= 15 is 0 Å². The Morgan fingerprint density at radius 2 is 0.938 bits per heavy atom. The van der Waals surface area contributed by atoms with E-state index in [1.165, 1.54) is 140 Å². The van der Waals surface area contributed by atoms with Gasteiger partial charge in [-0.2, -0.15) is 11.8 Å². The van der Waals surface area contributed by atoms with Gasteiger partial charge in [0.2, 0.25) is 0 Å². The van der Waals surface area contributed by atoms with E-state index in [0.717, 1.165) is 45.0 Å². The van der Waals surface area contributed by atoms with E-state index in [4.69, 9.17) is 15.2 Å². The molecule has 0 rings (SSSR count). The quantitative estimate of drug-likeness (QED) is 0.0292. The summed E-state index contributed by atoms with van der Waals surface area (Å²) < 4.78 is 15.3.